The maximum absolute atomic E-state index is 13.0. The molecule has 1 fully saturated rings. The molecule has 0 aliphatic carbocycles. The molecule has 4 N–H and O–H groups in total. The molecule has 3 rings (SSSR count). The summed E-state index contributed by atoms with van der Waals surface area (Å²) in [6.45, 7) is 3.32. The third-order valence-corrected chi connectivity index (χ3v) is 4.87. The topological polar surface area (TPSA) is 87.5 Å². The average Bonchev–Trinajstić information content (AvgIpc) is 2.64. The van der Waals surface area contributed by atoms with Gasteiger partial charge >= 0.3 is 6.03 Å². The number of hydrogen-bond acceptors (Lipinski definition) is 3. The molecule has 6 nitrogen and oxygen atoms in total. The third kappa shape index (κ3) is 4.55. The first kappa shape index (κ1) is 18.7. The molecule has 27 heavy (non-hydrogen) atoms. The van der Waals surface area contributed by atoms with E-state index >= 15 is 0 Å². The molecule has 2 aromatic rings. The maximum atomic E-state index is 13.0. The van der Waals surface area contributed by atoms with Crippen molar-refractivity contribution >= 4 is 23.3 Å². The van der Waals surface area contributed by atoms with E-state index in [-0.39, 0.29) is 17.9 Å². The van der Waals surface area contributed by atoms with E-state index in [0.29, 0.717) is 16.8 Å². The van der Waals surface area contributed by atoms with Crippen LogP contribution < -0.4 is 21.3 Å². The second kappa shape index (κ2) is 8.07. The first-order valence-electron chi connectivity index (χ1n) is 8.91. The second-order valence-corrected chi connectivity index (χ2v) is 6.68. The number of benzene rings is 2. The molecule has 1 heterocycles. The van der Waals surface area contributed by atoms with Crippen LogP contribution in [0.4, 0.5) is 20.6 Å². The normalized spacial score (nSPS) is 14.7. The number of carbonyl (C=O) groups excluding carboxylic acids is 2. The lowest BCUT2D eigenvalue weighted by Gasteiger charge is -2.34. The number of carbonyl (C=O) groups is 2. The lowest BCUT2D eigenvalue weighted by Crippen LogP contribution is -2.46. The number of piperidine rings is 1. The number of rotatable bonds is 4. The lowest BCUT2D eigenvalue weighted by molar-refractivity contribution is 0.0999. The van der Waals surface area contributed by atoms with Gasteiger partial charge in [0.05, 0.1) is 0 Å². The smallest absolute Gasteiger partial charge is 0.319 e. The van der Waals surface area contributed by atoms with E-state index in [1.807, 2.05) is 0 Å². The molecule has 142 valence electrons. The van der Waals surface area contributed by atoms with E-state index in [9.17, 15) is 14.0 Å². The van der Waals surface area contributed by atoms with Gasteiger partial charge < -0.3 is 21.3 Å². The van der Waals surface area contributed by atoms with Crippen molar-refractivity contribution in [1.29, 1.82) is 0 Å². The van der Waals surface area contributed by atoms with Crippen molar-refractivity contribution in [1.82, 2.24) is 5.32 Å². The Hall–Kier alpha value is -3.09. The summed E-state index contributed by atoms with van der Waals surface area (Å²) in [6.07, 6.45) is 1.59. The Morgan fingerprint density at radius 1 is 1.11 bits per heavy atom. The van der Waals surface area contributed by atoms with Crippen LogP contribution in [0.2, 0.25) is 0 Å². The summed E-state index contributed by atoms with van der Waals surface area (Å²) < 4.78 is 13.0. The highest BCUT2D eigenvalue weighted by molar-refractivity contribution is 5.98. The zero-order valence-electron chi connectivity index (χ0n) is 15.2. The second-order valence-electron chi connectivity index (χ2n) is 6.68. The highest BCUT2D eigenvalue weighted by Gasteiger charge is 2.21. The summed E-state index contributed by atoms with van der Waals surface area (Å²) in [5.41, 5.74) is 7.92. The Balaban J connectivity index is 1.53. The van der Waals surface area contributed by atoms with Gasteiger partial charge in [-0.3, -0.25) is 4.79 Å². The van der Waals surface area contributed by atoms with Crippen molar-refractivity contribution in [2.24, 2.45) is 5.73 Å². The highest BCUT2D eigenvalue weighted by atomic mass is 19.1. The van der Waals surface area contributed by atoms with E-state index in [0.717, 1.165) is 31.6 Å². The number of primary amides is 1. The van der Waals surface area contributed by atoms with Crippen molar-refractivity contribution in [3.05, 3.63) is 59.4 Å². The number of anilines is 2. The van der Waals surface area contributed by atoms with E-state index in [1.165, 1.54) is 12.1 Å². The number of nitrogens with zero attached hydrogens (tertiary/aromatic N) is 1. The van der Waals surface area contributed by atoms with Gasteiger partial charge in [0.15, 0.2) is 0 Å². The number of amides is 3. The molecule has 0 atom stereocenters. The summed E-state index contributed by atoms with van der Waals surface area (Å²) in [7, 11) is 0. The van der Waals surface area contributed by atoms with Gasteiger partial charge in [0.1, 0.15) is 5.82 Å². The first-order chi connectivity index (χ1) is 12.9. The van der Waals surface area contributed by atoms with Crippen LogP contribution in [0.5, 0.6) is 0 Å². The van der Waals surface area contributed by atoms with Crippen LogP contribution in [0.25, 0.3) is 0 Å². The quantitative estimate of drug-likeness (QED) is 0.773. The summed E-state index contributed by atoms with van der Waals surface area (Å²) in [6, 6.07) is 11.2. The monoisotopic (exact) mass is 370 g/mol. The molecule has 0 unspecified atom stereocenters. The van der Waals surface area contributed by atoms with E-state index < -0.39 is 5.91 Å². The minimum atomic E-state index is -0.523. The van der Waals surface area contributed by atoms with Crippen molar-refractivity contribution < 1.29 is 14.0 Å². The molecule has 0 spiro atoms. The van der Waals surface area contributed by atoms with Gasteiger partial charge in [-0.2, -0.15) is 0 Å². The average molecular weight is 370 g/mol. The molecular formula is C20H23FN4O2. The van der Waals surface area contributed by atoms with Gasteiger partial charge in [-0.05, 0) is 61.7 Å². The molecule has 0 aromatic heterocycles. The Kier molecular flexibility index (Phi) is 5.59. The molecule has 3 amide bonds. The molecule has 2 aromatic carbocycles. The van der Waals surface area contributed by atoms with Crippen LogP contribution in [0.3, 0.4) is 0 Å². The van der Waals surface area contributed by atoms with Crippen LogP contribution in [-0.4, -0.2) is 31.1 Å². The van der Waals surface area contributed by atoms with E-state index in [2.05, 4.69) is 15.5 Å². The third-order valence-electron chi connectivity index (χ3n) is 4.87. The summed E-state index contributed by atoms with van der Waals surface area (Å²) in [5, 5.41) is 5.76. The standard InChI is InChI=1S/C20H23FN4O2/c1-13-17(19(22)26)3-2-4-18(13)24-20(27)23-15-9-11-25(12-10-15)16-7-5-14(21)6-8-16/h2-8,15H,9-12H2,1H3,(H2,22,26)(H2,23,24,27). The SMILES string of the molecule is Cc1c(NC(=O)NC2CCN(c3ccc(F)cc3)CC2)cccc1C(N)=O. The minimum absolute atomic E-state index is 0.0568. The van der Waals surface area contributed by atoms with Crippen molar-refractivity contribution in [3.63, 3.8) is 0 Å². The fourth-order valence-corrected chi connectivity index (χ4v) is 3.32. The molecule has 0 saturated carbocycles. The van der Waals surface area contributed by atoms with Gasteiger partial charge in [0.25, 0.3) is 0 Å². The van der Waals surface area contributed by atoms with Crippen LogP contribution in [0.15, 0.2) is 42.5 Å². The van der Waals surface area contributed by atoms with Gasteiger partial charge in [-0.1, -0.05) is 6.07 Å². The molecule has 1 aliphatic heterocycles. The van der Waals surface area contributed by atoms with Crippen LogP contribution in [-0.2, 0) is 0 Å². The summed E-state index contributed by atoms with van der Waals surface area (Å²) in [5.74, 6) is -0.771. The van der Waals surface area contributed by atoms with Crippen LogP contribution in [0.1, 0.15) is 28.8 Å². The highest BCUT2D eigenvalue weighted by Crippen LogP contribution is 2.21. The Morgan fingerprint density at radius 3 is 2.41 bits per heavy atom. The molecular weight excluding hydrogens is 347 g/mol. The van der Waals surface area contributed by atoms with Crippen LogP contribution >= 0.6 is 0 Å². The van der Waals surface area contributed by atoms with Crippen molar-refractivity contribution in [2.45, 2.75) is 25.8 Å². The Bertz CT molecular complexity index is 830. The van der Waals surface area contributed by atoms with Crippen LogP contribution in [0, 0.1) is 12.7 Å². The molecule has 0 bridgehead atoms. The number of halogens is 1. The number of hydrogen-bond donors (Lipinski definition) is 3. The Morgan fingerprint density at radius 2 is 1.78 bits per heavy atom. The molecule has 0 radical (unpaired) electrons. The molecule has 7 heteroatoms. The number of nitrogens with one attached hydrogen (secondary N) is 2. The Labute approximate surface area is 157 Å². The zero-order valence-corrected chi connectivity index (χ0v) is 15.2. The van der Waals surface area contributed by atoms with Gasteiger partial charge in [0, 0.05) is 36.1 Å². The fraction of sp³-hybridized carbons (Fsp3) is 0.300. The predicted octanol–water partition coefficient (Wildman–Crippen LogP) is 3.02. The van der Waals surface area contributed by atoms with Crippen molar-refractivity contribution in [3.8, 4) is 0 Å². The van der Waals surface area contributed by atoms with Gasteiger partial charge in [-0.25, -0.2) is 9.18 Å². The first-order valence-corrected chi connectivity index (χ1v) is 8.91. The number of nitrogens with two attached hydrogens (primary N) is 1. The minimum Gasteiger partial charge on any atom is -0.371 e. The number of urea groups is 1. The largest absolute Gasteiger partial charge is 0.371 e. The fourth-order valence-electron chi connectivity index (χ4n) is 3.32. The van der Waals surface area contributed by atoms with E-state index in [1.54, 1.807) is 37.3 Å². The van der Waals surface area contributed by atoms with E-state index in [4.69, 9.17) is 5.73 Å². The molecule has 1 saturated heterocycles. The molecule has 1 aliphatic rings. The van der Waals surface area contributed by atoms with Gasteiger partial charge in [-0.15, -0.1) is 0 Å². The lowest BCUT2D eigenvalue weighted by atomic mass is 10.0. The maximum Gasteiger partial charge on any atom is 0.319 e. The summed E-state index contributed by atoms with van der Waals surface area (Å²) >= 11 is 0. The van der Waals surface area contributed by atoms with Gasteiger partial charge in [0.2, 0.25) is 5.91 Å². The zero-order chi connectivity index (χ0) is 19.4. The van der Waals surface area contributed by atoms with Crippen molar-refractivity contribution in [2.75, 3.05) is 23.3 Å². The summed E-state index contributed by atoms with van der Waals surface area (Å²) in [4.78, 5) is 25.9. The predicted molar refractivity (Wildman–Crippen MR) is 103 cm³/mol.